The number of aromatic nitrogens is 1. The fourth-order valence-corrected chi connectivity index (χ4v) is 5.97. The summed E-state index contributed by atoms with van der Waals surface area (Å²) < 4.78 is 33.7. The minimum absolute atomic E-state index is 0. The van der Waals surface area contributed by atoms with E-state index in [-0.39, 0.29) is 53.4 Å². The molecule has 5 rings (SSSR count). The molecule has 41 heavy (non-hydrogen) atoms. The van der Waals surface area contributed by atoms with Crippen molar-refractivity contribution in [1.29, 1.82) is 0 Å². The molecule has 0 spiro atoms. The van der Waals surface area contributed by atoms with Crippen molar-refractivity contribution in [2.45, 2.75) is 11.8 Å². The second-order valence-corrected chi connectivity index (χ2v) is 10.8. The maximum atomic E-state index is 12.9. The summed E-state index contributed by atoms with van der Waals surface area (Å²) in [7, 11) is -2.20. The van der Waals surface area contributed by atoms with Gasteiger partial charge in [0.1, 0.15) is 11.6 Å². The number of nitrogens with one attached hydrogen (secondary N) is 1. The van der Waals surface area contributed by atoms with Gasteiger partial charge in [0, 0.05) is 42.9 Å². The molecule has 1 aromatic heterocycles. The molecular formula is C28H31Cl3N4O5S. The average Bonchev–Trinajstić information content (AvgIpc) is 2.92. The van der Waals surface area contributed by atoms with Crippen molar-refractivity contribution in [2.24, 2.45) is 0 Å². The van der Waals surface area contributed by atoms with E-state index in [2.05, 4.69) is 14.5 Å². The van der Waals surface area contributed by atoms with Gasteiger partial charge in [0.2, 0.25) is 0 Å². The van der Waals surface area contributed by atoms with Gasteiger partial charge in [-0.2, -0.15) is 0 Å². The first-order chi connectivity index (χ1) is 18.2. The van der Waals surface area contributed by atoms with Crippen molar-refractivity contribution in [3.8, 4) is 5.75 Å². The molecule has 2 heterocycles. The zero-order valence-electron chi connectivity index (χ0n) is 22.3. The highest BCUT2D eigenvalue weighted by Gasteiger charge is 2.22. The highest BCUT2D eigenvalue weighted by Crippen LogP contribution is 2.29. The van der Waals surface area contributed by atoms with Crippen LogP contribution in [-0.4, -0.2) is 57.8 Å². The van der Waals surface area contributed by atoms with Crippen LogP contribution in [-0.2, 0) is 10.0 Å². The molecule has 0 atom stereocenters. The van der Waals surface area contributed by atoms with Crippen LogP contribution in [0.25, 0.3) is 10.9 Å². The Labute approximate surface area is 257 Å². The summed E-state index contributed by atoms with van der Waals surface area (Å²) in [6.45, 7) is 4.59. The number of aryl methyl sites for hydroxylation is 1. The summed E-state index contributed by atoms with van der Waals surface area (Å²) in [6, 6.07) is 20.9. The number of hydrogen-bond donors (Lipinski definition) is 2. The Kier molecular flexibility index (Phi) is 11.5. The third kappa shape index (κ3) is 7.26. The normalized spacial score (nSPS) is 12.9. The monoisotopic (exact) mass is 640 g/mol. The van der Waals surface area contributed by atoms with E-state index < -0.39 is 16.0 Å². The summed E-state index contributed by atoms with van der Waals surface area (Å²) in [5.74, 6) is 0.284. The van der Waals surface area contributed by atoms with Crippen molar-refractivity contribution in [3.05, 3.63) is 83.9 Å². The molecule has 0 bridgehead atoms. The predicted molar refractivity (Wildman–Crippen MR) is 170 cm³/mol. The minimum Gasteiger partial charge on any atom is -0.497 e. The van der Waals surface area contributed by atoms with E-state index in [9.17, 15) is 18.3 Å². The highest BCUT2D eigenvalue weighted by atomic mass is 35.5. The second-order valence-electron chi connectivity index (χ2n) is 9.11. The molecule has 0 amide bonds. The van der Waals surface area contributed by atoms with Crippen LogP contribution in [0.2, 0.25) is 0 Å². The summed E-state index contributed by atoms with van der Waals surface area (Å²) in [5, 5.41) is 10.3. The molecule has 9 nitrogen and oxygen atoms in total. The highest BCUT2D eigenvalue weighted by molar-refractivity contribution is 7.92. The van der Waals surface area contributed by atoms with Gasteiger partial charge >= 0.3 is 5.97 Å². The molecule has 2 N–H and O–H groups in total. The van der Waals surface area contributed by atoms with Crippen LogP contribution < -0.4 is 19.3 Å². The van der Waals surface area contributed by atoms with Gasteiger partial charge in [-0.1, -0.05) is 18.2 Å². The maximum absolute atomic E-state index is 12.9. The number of piperazine rings is 1. The lowest BCUT2D eigenvalue weighted by molar-refractivity contribution is 0.0699. The van der Waals surface area contributed by atoms with Crippen molar-refractivity contribution in [3.63, 3.8) is 0 Å². The van der Waals surface area contributed by atoms with E-state index in [4.69, 9.17) is 9.72 Å². The molecule has 0 radical (unpaired) electrons. The van der Waals surface area contributed by atoms with Gasteiger partial charge in [-0.05, 0) is 67.1 Å². The Bertz CT molecular complexity index is 1610. The van der Waals surface area contributed by atoms with E-state index in [0.717, 1.165) is 24.5 Å². The Morgan fingerprint density at radius 3 is 2.15 bits per heavy atom. The molecule has 1 saturated heterocycles. The van der Waals surface area contributed by atoms with Crippen LogP contribution in [0.4, 0.5) is 17.2 Å². The fraction of sp³-hybridized carbons (Fsp3) is 0.214. The number of carboxylic acids is 1. The number of pyridine rings is 1. The van der Waals surface area contributed by atoms with Crippen LogP contribution in [0, 0.1) is 6.92 Å². The lowest BCUT2D eigenvalue weighted by atomic mass is 10.1. The first-order valence-corrected chi connectivity index (χ1v) is 13.6. The van der Waals surface area contributed by atoms with Gasteiger partial charge in [0.15, 0.2) is 0 Å². The van der Waals surface area contributed by atoms with Crippen molar-refractivity contribution < 1.29 is 23.1 Å². The van der Waals surface area contributed by atoms with E-state index >= 15 is 0 Å². The summed E-state index contributed by atoms with van der Waals surface area (Å²) >= 11 is 0. The smallest absolute Gasteiger partial charge is 0.336 e. The molecule has 220 valence electrons. The van der Waals surface area contributed by atoms with E-state index in [0.29, 0.717) is 35.4 Å². The predicted octanol–water partition coefficient (Wildman–Crippen LogP) is 5.64. The van der Waals surface area contributed by atoms with Crippen molar-refractivity contribution in [2.75, 3.05) is 47.8 Å². The molecule has 1 fully saturated rings. The molecule has 1 aliphatic heterocycles. The Balaban J connectivity index is 0.00000196. The van der Waals surface area contributed by atoms with Gasteiger partial charge in [-0.25, -0.2) is 18.2 Å². The number of carbonyl (C=O) groups is 1. The third-order valence-corrected chi connectivity index (χ3v) is 8.24. The van der Waals surface area contributed by atoms with Crippen LogP contribution >= 0.6 is 37.2 Å². The van der Waals surface area contributed by atoms with Gasteiger partial charge in [-0.15, -0.1) is 37.2 Å². The number of fused-ring (bicyclic) bond motifs is 1. The number of sulfonamides is 1. The zero-order chi connectivity index (χ0) is 26.9. The van der Waals surface area contributed by atoms with E-state index in [1.54, 1.807) is 50.4 Å². The Morgan fingerprint density at radius 1 is 0.902 bits per heavy atom. The number of rotatable bonds is 7. The molecule has 0 aliphatic carbocycles. The largest absolute Gasteiger partial charge is 0.497 e. The quantitative estimate of drug-likeness (QED) is 0.267. The second kappa shape index (κ2) is 14.0. The van der Waals surface area contributed by atoms with E-state index in [1.165, 1.54) is 12.1 Å². The van der Waals surface area contributed by atoms with Gasteiger partial charge in [0.05, 0.1) is 23.1 Å². The van der Waals surface area contributed by atoms with E-state index in [1.807, 2.05) is 24.3 Å². The maximum Gasteiger partial charge on any atom is 0.336 e. The summed E-state index contributed by atoms with van der Waals surface area (Å²) in [5.41, 5.74) is 2.54. The van der Waals surface area contributed by atoms with Crippen molar-refractivity contribution >= 4 is 81.3 Å². The van der Waals surface area contributed by atoms with Gasteiger partial charge in [-0.3, -0.25) is 4.72 Å². The number of aromatic carboxylic acids is 1. The molecular weight excluding hydrogens is 611 g/mol. The lowest BCUT2D eigenvalue weighted by Crippen LogP contribution is -2.46. The summed E-state index contributed by atoms with van der Waals surface area (Å²) in [6.07, 6.45) is 0. The van der Waals surface area contributed by atoms with Crippen LogP contribution in [0.3, 0.4) is 0 Å². The molecule has 0 unspecified atom stereocenters. The minimum atomic E-state index is -3.84. The van der Waals surface area contributed by atoms with Gasteiger partial charge in [0.25, 0.3) is 10.0 Å². The number of hydrogen-bond acceptors (Lipinski definition) is 7. The number of nitrogens with zero attached hydrogens (tertiary/aromatic N) is 3. The number of anilines is 3. The SMILES string of the molecule is COc1ccc(N2CCN(c3cc(C(=O)O)c4cc(NS(=O)(=O)c5ccccc5C)ccc4n3)CC2)cc1.Cl.Cl.Cl. The van der Waals surface area contributed by atoms with Crippen LogP contribution in [0.1, 0.15) is 15.9 Å². The molecule has 3 aromatic carbocycles. The number of methoxy groups -OCH3 is 1. The van der Waals surface area contributed by atoms with Crippen molar-refractivity contribution in [1.82, 2.24) is 4.98 Å². The topological polar surface area (TPSA) is 112 Å². The Hall–Kier alpha value is -3.44. The van der Waals surface area contributed by atoms with Crippen LogP contribution in [0.5, 0.6) is 5.75 Å². The number of ether oxygens (including phenoxy) is 1. The van der Waals surface area contributed by atoms with Crippen LogP contribution in [0.15, 0.2) is 77.7 Å². The molecule has 1 aliphatic rings. The average molecular weight is 642 g/mol. The fourth-order valence-electron chi connectivity index (χ4n) is 4.67. The lowest BCUT2D eigenvalue weighted by Gasteiger charge is -2.37. The first-order valence-electron chi connectivity index (χ1n) is 12.2. The number of benzene rings is 3. The number of carboxylic acid groups (broad SMARTS) is 1. The standard InChI is InChI=1S/C28H28N4O5S.3ClH/c1-19-5-3-4-6-26(19)38(35,36)30-20-7-12-25-23(17-20)24(28(33)34)18-27(29-25)32-15-13-31(14-16-32)21-8-10-22(37-2)11-9-21;;;/h3-12,17-18,30H,13-16H2,1-2H3,(H,33,34);3*1H. The third-order valence-electron chi connectivity index (χ3n) is 6.70. The molecule has 4 aromatic rings. The Morgan fingerprint density at radius 2 is 1.54 bits per heavy atom. The molecule has 13 heteroatoms. The molecule has 0 saturated carbocycles. The number of halogens is 3. The van der Waals surface area contributed by atoms with Gasteiger partial charge < -0.3 is 19.6 Å². The zero-order valence-corrected chi connectivity index (χ0v) is 25.6. The summed E-state index contributed by atoms with van der Waals surface area (Å²) in [4.78, 5) is 21.4. The first kappa shape index (κ1) is 33.8.